The van der Waals surface area contributed by atoms with Gasteiger partial charge in [0.05, 0.1) is 18.3 Å². The van der Waals surface area contributed by atoms with Gasteiger partial charge in [-0.05, 0) is 13.8 Å². The Morgan fingerprint density at radius 2 is 2.46 bits per heavy atom. The van der Waals surface area contributed by atoms with Gasteiger partial charge in [-0.1, -0.05) is 5.16 Å². The highest BCUT2D eigenvalue weighted by atomic mass is 16.6. The number of piperazine rings is 1. The highest BCUT2D eigenvalue weighted by Gasteiger charge is 2.17. The minimum Gasteiger partial charge on any atom is -0.394 e. The van der Waals surface area contributed by atoms with Crippen molar-refractivity contribution < 1.29 is 9.63 Å². The van der Waals surface area contributed by atoms with Gasteiger partial charge in [0.2, 0.25) is 5.91 Å². The van der Waals surface area contributed by atoms with Crippen molar-refractivity contribution >= 4 is 11.6 Å². The Kier molecular flexibility index (Phi) is 3.70. The zero-order valence-electron chi connectivity index (χ0n) is 7.96. The summed E-state index contributed by atoms with van der Waals surface area (Å²) in [6.07, 6.45) is 0. The quantitative estimate of drug-likeness (QED) is 0.459. The molecule has 0 saturated carbocycles. The van der Waals surface area contributed by atoms with E-state index in [9.17, 15) is 4.79 Å². The fourth-order valence-corrected chi connectivity index (χ4v) is 1.05. The second kappa shape index (κ2) is 4.81. The van der Waals surface area contributed by atoms with Gasteiger partial charge in [0.25, 0.3) is 0 Å². The largest absolute Gasteiger partial charge is 0.394 e. The summed E-state index contributed by atoms with van der Waals surface area (Å²) in [6.45, 7) is 5.27. The average molecular weight is 185 g/mol. The van der Waals surface area contributed by atoms with Crippen LogP contribution in [0.25, 0.3) is 0 Å². The molecule has 1 atom stereocenters. The van der Waals surface area contributed by atoms with Crippen LogP contribution in [0.2, 0.25) is 0 Å². The monoisotopic (exact) mass is 185 g/mol. The molecule has 1 saturated heterocycles. The van der Waals surface area contributed by atoms with E-state index in [0.717, 1.165) is 12.3 Å². The number of carbonyl (C=O) groups excluding carboxylic acids is 1. The van der Waals surface area contributed by atoms with Crippen molar-refractivity contribution in [3.63, 3.8) is 0 Å². The van der Waals surface area contributed by atoms with E-state index in [0.29, 0.717) is 13.2 Å². The average Bonchev–Trinajstić information content (AvgIpc) is 2.03. The molecule has 1 rings (SSSR count). The van der Waals surface area contributed by atoms with Gasteiger partial charge in [-0.15, -0.1) is 0 Å². The molecule has 0 spiro atoms. The van der Waals surface area contributed by atoms with Gasteiger partial charge in [-0.25, -0.2) is 0 Å². The lowest BCUT2D eigenvalue weighted by Gasteiger charge is -2.22. The molecule has 1 aliphatic rings. The molecule has 0 unspecified atom stereocenters. The Morgan fingerprint density at radius 1 is 1.69 bits per heavy atom. The minimum atomic E-state index is 0.0112. The molecule has 1 aliphatic heterocycles. The van der Waals surface area contributed by atoms with E-state index < -0.39 is 0 Å². The maximum atomic E-state index is 10.9. The van der Waals surface area contributed by atoms with Crippen molar-refractivity contribution in [2.45, 2.75) is 19.9 Å². The Labute approximate surface area is 77.5 Å². The summed E-state index contributed by atoms with van der Waals surface area (Å²) in [7, 11) is 0. The van der Waals surface area contributed by atoms with Crippen molar-refractivity contribution in [2.75, 3.05) is 19.7 Å². The van der Waals surface area contributed by atoms with Crippen LogP contribution in [0.4, 0.5) is 0 Å². The van der Waals surface area contributed by atoms with Crippen LogP contribution in [-0.4, -0.2) is 37.4 Å². The van der Waals surface area contributed by atoms with Crippen LogP contribution in [0.15, 0.2) is 5.16 Å². The zero-order chi connectivity index (χ0) is 9.68. The molecule has 5 heteroatoms. The first-order valence-corrected chi connectivity index (χ1v) is 4.31. The standard InChI is InChI=1S/C8H15N3O2/c1-6(2)11-13-5-7-3-9-4-8(12)10-7/h7,9H,3-5H2,1-2H3,(H,10,12)/t7-/m0/s1. The topological polar surface area (TPSA) is 62.7 Å². The maximum Gasteiger partial charge on any atom is 0.234 e. The summed E-state index contributed by atoms with van der Waals surface area (Å²) in [5, 5.41) is 9.56. The van der Waals surface area contributed by atoms with Crippen LogP contribution in [0.3, 0.4) is 0 Å². The summed E-state index contributed by atoms with van der Waals surface area (Å²) < 4.78 is 0. The van der Waals surface area contributed by atoms with Crippen LogP contribution < -0.4 is 10.6 Å². The van der Waals surface area contributed by atoms with Crippen LogP contribution >= 0.6 is 0 Å². The highest BCUT2D eigenvalue weighted by Crippen LogP contribution is 1.90. The smallest absolute Gasteiger partial charge is 0.234 e. The number of rotatable bonds is 3. The SMILES string of the molecule is CC(C)=NOC[C@@H]1CNCC(=O)N1. The summed E-state index contributed by atoms with van der Waals surface area (Å²) in [5.74, 6) is 0.0112. The number of carbonyl (C=O) groups is 1. The van der Waals surface area contributed by atoms with Gasteiger partial charge in [0.1, 0.15) is 6.61 Å². The third-order valence-corrected chi connectivity index (χ3v) is 1.56. The Morgan fingerprint density at radius 3 is 3.08 bits per heavy atom. The molecule has 0 radical (unpaired) electrons. The van der Waals surface area contributed by atoms with Crippen molar-refractivity contribution in [3.05, 3.63) is 0 Å². The van der Waals surface area contributed by atoms with E-state index in [2.05, 4.69) is 15.8 Å². The van der Waals surface area contributed by atoms with Gasteiger partial charge in [0.15, 0.2) is 0 Å². The summed E-state index contributed by atoms with van der Waals surface area (Å²) in [4.78, 5) is 15.9. The van der Waals surface area contributed by atoms with Gasteiger partial charge >= 0.3 is 0 Å². The molecule has 5 nitrogen and oxygen atoms in total. The minimum absolute atomic E-state index is 0.0112. The van der Waals surface area contributed by atoms with E-state index >= 15 is 0 Å². The lowest BCUT2D eigenvalue weighted by atomic mass is 10.2. The van der Waals surface area contributed by atoms with E-state index in [1.165, 1.54) is 0 Å². The van der Waals surface area contributed by atoms with E-state index in [4.69, 9.17) is 4.84 Å². The molecule has 13 heavy (non-hydrogen) atoms. The van der Waals surface area contributed by atoms with Crippen LogP contribution in [0.5, 0.6) is 0 Å². The van der Waals surface area contributed by atoms with Crippen molar-refractivity contribution in [3.8, 4) is 0 Å². The van der Waals surface area contributed by atoms with E-state index in [1.54, 1.807) is 0 Å². The number of oxime groups is 1. The molecule has 0 bridgehead atoms. The second-order valence-corrected chi connectivity index (χ2v) is 3.23. The number of hydrogen-bond acceptors (Lipinski definition) is 4. The summed E-state index contributed by atoms with van der Waals surface area (Å²) in [6, 6.07) is 0.0318. The number of nitrogens with one attached hydrogen (secondary N) is 2. The predicted octanol–water partition coefficient (Wildman–Crippen LogP) is -0.513. The first kappa shape index (κ1) is 9.98. The van der Waals surface area contributed by atoms with Gasteiger partial charge < -0.3 is 15.5 Å². The van der Waals surface area contributed by atoms with Crippen molar-refractivity contribution in [1.29, 1.82) is 0 Å². The normalized spacial score (nSPS) is 22.0. The zero-order valence-corrected chi connectivity index (χ0v) is 7.96. The first-order chi connectivity index (χ1) is 6.18. The van der Waals surface area contributed by atoms with E-state index in [1.807, 2.05) is 13.8 Å². The number of hydrogen-bond donors (Lipinski definition) is 2. The molecule has 2 N–H and O–H groups in total. The lowest BCUT2D eigenvalue weighted by molar-refractivity contribution is -0.122. The fourth-order valence-electron chi connectivity index (χ4n) is 1.05. The molecule has 0 aromatic carbocycles. The predicted molar refractivity (Wildman–Crippen MR) is 49.5 cm³/mol. The molecular weight excluding hydrogens is 170 g/mol. The fraction of sp³-hybridized carbons (Fsp3) is 0.750. The maximum absolute atomic E-state index is 10.9. The molecule has 74 valence electrons. The van der Waals surface area contributed by atoms with Crippen LogP contribution in [-0.2, 0) is 9.63 Å². The third kappa shape index (κ3) is 3.89. The van der Waals surface area contributed by atoms with Crippen LogP contribution in [0, 0.1) is 0 Å². The summed E-state index contributed by atoms with van der Waals surface area (Å²) in [5.41, 5.74) is 0.870. The lowest BCUT2D eigenvalue weighted by Crippen LogP contribution is -2.53. The molecule has 0 aromatic heterocycles. The summed E-state index contributed by atoms with van der Waals surface area (Å²) >= 11 is 0. The van der Waals surface area contributed by atoms with Crippen LogP contribution in [0.1, 0.15) is 13.8 Å². The molecule has 1 amide bonds. The Hall–Kier alpha value is -1.10. The number of amides is 1. The van der Waals surface area contributed by atoms with Crippen molar-refractivity contribution in [1.82, 2.24) is 10.6 Å². The molecule has 1 fully saturated rings. The Bertz CT molecular complexity index is 211. The Balaban J connectivity index is 2.21. The molecular formula is C8H15N3O2. The molecule has 1 heterocycles. The highest BCUT2D eigenvalue weighted by molar-refractivity contribution is 5.79. The molecule has 0 aliphatic carbocycles. The van der Waals surface area contributed by atoms with Gasteiger partial charge in [0, 0.05) is 6.54 Å². The van der Waals surface area contributed by atoms with Gasteiger partial charge in [-0.3, -0.25) is 4.79 Å². The third-order valence-electron chi connectivity index (χ3n) is 1.56. The van der Waals surface area contributed by atoms with Crippen molar-refractivity contribution in [2.24, 2.45) is 5.16 Å². The first-order valence-electron chi connectivity index (χ1n) is 4.31. The van der Waals surface area contributed by atoms with Gasteiger partial charge in [-0.2, -0.15) is 0 Å². The second-order valence-electron chi connectivity index (χ2n) is 3.23. The van der Waals surface area contributed by atoms with E-state index in [-0.39, 0.29) is 11.9 Å². The number of nitrogens with zero attached hydrogens (tertiary/aromatic N) is 1. The molecule has 0 aromatic rings.